The first-order chi connectivity index (χ1) is 14.7. The molecule has 32 heavy (non-hydrogen) atoms. The monoisotopic (exact) mass is 492 g/mol. The summed E-state index contributed by atoms with van der Waals surface area (Å²) in [5, 5.41) is 0. The minimum absolute atomic E-state index is 0.0273. The lowest BCUT2D eigenvalue weighted by molar-refractivity contribution is -0.0976. The molecule has 2 saturated carbocycles. The van der Waals surface area contributed by atoms with Crippen LogP contribution in [0.25, 0.3) is 0 Å². The van der Waals surface area contributed by atoms with Crippen LogP contribution in [0.2, 0.25) is 0 Å². The van der Waals surface area contributed by atoms with Crippen molar-refractivity contribution in [2.45, 2.75) is 75.6 Å². The lowest BCUT2D eigenvalue weighted by Crippen LogP contribution is -2.58. The van der Waals surface area contributed by atoms with Crippen LogP contribution >= 0.6 is 11.8 Å². The Hall–Kier alpha value is -1.09. The summed E-state index contributed by atoms with van der Waals surface area (Å²) in [6.45, 7) is 9.08. The molecule has 4 unspecified atom stereocenters. The van der Waals surface area contributed by atoms with Crippen LogP contribution in [0, 0.1) is 22.7 Å². The smallest absolute Gasteiger partial charge is 0.497 e. The van der Waals surface area contributed by atoms with Gasteiger partial charge in [-0.25, -0.2) is 0 Å². The molecule has 1 aromatic rings. The molecule has 1 aliphatic heterocycles. The number of rotatable bonds is 3. The summed E-state index contributed by atoms with van der Waals surface area (Å²) in [4.78, 5) is 0.743. The Bertz CT molecular complexity index is 1020. The maximum atomic E-state index is 13.2. The first-order valence-corrected chi connectivity index (χ1v) is 13.4. The second-order valence-electron chi connectivity index (χ2n) is 10.7. The summed E-state index contributed by atoms with van der Waals surface area (Å²) in [5.74, 6) is 1.59. The zero-order valence-corrected chi connectivity index (χ0v) is 20.8. The fourth-order valence-corrected chi connectivity index (χ4v) is 9.32. The van der Waals surface area contributed by atoms with E-state index in [0.29, 0.717) is 11.5 Å². The van der Waals surface area contributed by atoms with Crippen LogP contribution in [0.4, 0.5) is 13.2 Å². The third kappa shape index (κ3) is 3.53. The van der Waals surface area contributed by atoms with Gasteiger partial charge in [-0.1, -0.05) is 34.1 Å². The van der Waals surface area contributed by atoms with Gasteiger partial charge in [-0.3, -0.25) is 0 Å². The number of methoxy groups -OCH3 is 1. The predicted molar refractivity (Wildman–Crippen MR) is 119 cm³/mol. The predicted octanol–water partition coefficient (Wildman–Crippen LogP) is 6.53. The van der Waals surface area contributed by atoms with Gasteiger partial charge in [0.15, 0.2) is 5.75 Å². The molecule has 4 atom stereocenters. The van der Waals surface area contributed by atoms with Crippen LogP contribution in [0.3, 0.4) is 0 Å². The number of benzene rings is 1. The van der Waals surface area contributed by atoms with Crippen molar-refractivity contribution in [2.75, 3.05) is 12.9 Å². The van der Waals surface area contributed by atoms with Crippen molar-refractivity contribution in [1.29, 1.82) is 0 Å². The van der Waals surface area contributed by atoms with Gasteiger partial charge in [0, 0.05) is 27.7 Å². The maximum absolute atomic E-state index is 13.2. The largest absolute Gasteiger partial charge is 0.534 e. The van der Waals surface area contributed by atoms with Crippen molar-refractivity contribution in [3.63, 3.8) is 0 Å². The molecule has 1 heterocycles. The van der Waals surface area contributed by atoms with E-state index in [4.69, 9.17) is 8.92 Å². The fraction of sp³-hybridized carbons (Fsp3) is 0.739. The molecule has 2 fully saturated rings. The van der Waals surface area contributed by atoms with Crippen LogP contribution in [-0.2, 0) is 15.5 Å². The van der Waals surface area contributed by atoms with Gasteiger partial charge < -0.3 is 8.92 Å². The Morgan fingerprint density at radius 3 is 2.38 bits per heavy atom. The first-order valence-electron chi connectivity index (χ1n) is 11.0. The highest BCUT2D eigenvalue weighted by Gasteiger charge is 2.61. The highest BCUT2D eigenvalue weighted by molar-refractivity contribution is 7.99. The van der Waals surface area contributed by atoms with Gasteiger partial charge in [-0.2, -0.15) is 21.6 Å². The van der Waals surface area contributed by atoms with Crippen LogP contribution < -0.4 is 8.92 Å². The van der Waals surface area contributed by atoms with Crippen molar-refractivity contribution >= 4 is 21.9 Å². The molecule has 1 aromatic carbocycles. The number of ether oxygens (including phenoxy) is 1. The van der Waals surface area contributed by atoms with E-state index in [2.05, 4.69) is 27.7 Å². The van der Waals surface area contributed by atoms with Gasteiger partial charge in [0.25, 0.3) is 0 Å². The number of hydrogen-bond donors (Lipinski definition) is 0. The van der Waals surface area contributed by atoms with E-state index >= 15 is 0 Å². The van der Waals surface area contributed by atoms with Gasteiger partial charge in [0.1, 0.15) is 5.75 Å². The average molecular weight is 493 g/mol. The molecule has 0 N–H and O–H groups in total. The second-order valence-corrected chi connectivity index (χ2v) is 13.3. The highest BCUT2D eigenvalue weighted by Crippen LogP contribution is 2.68. The normalized spacial score (nSPS) is 34.1. The topological polar surface area (TPSA) is 52.6 Å². The van der Waals surface area contributed by atoms with Gasteiger partial charge in [-0.15, -0.1) is 11.8 Å². The van der Waals surface area contributed by atoms with Crippen molar-refractivity contribution in [3.05, 3.63) is 17.7 Å². The van der Waals surface area contributed by atoms with Gasteiger partial charge in [0.2, 0.25) is 0 Å². The number of thioether (sulfide) groups is 1. The summed E-state index contributed by atoms with van der Waals surface area (Å²) in [6, 6.07) is 3.07. The van der Waals surface area contributed by atoms with E-state index in [1.807, 2.05) is 0 Å². The summed E-state index contributed by atoms with van der Waals surface area (Å²) in [5.41, 5.74) is -5.17. The summed E-state index contributed by atoms with van der Waals surface area (Å²) >= 11 is 1.57. The summed E-state index contributed by atoms with van der Waals surface area (Å²) in [7, 11) is -4.39. The van der Waals surface area contributed by atoms with Crippen molar-refractivity contribution in [3.8, 4) is 11.5 Å². The molecule has 0 radical (unpaired) electrons. The summed E-state index contributed by atoms with van der Waals surface area (Å²) < 4.78 is 73.5. The van der Waals surface area contributed by atoms with Crippen LogP contribution in [-0.4, -0.2) is 26.8 Å². The number of fused-ring (bicyclic) bond motifs is 5. The SMILES string of the molecule is COc1cc(OS(=O)(=O)C(F)(F)F)c2c(c1)SCC1C2(C)CCC2C(C)(C)CCCC21C. The zero-order chi connectivity index (χ0) is 23.7. The van der Waals surface area contributed by atoms with E-state index in [-0.39, 0.29) is 28.2 Å². The van der Waals surface area contributed by atoms with E-state index in [9.17, 15) is 21.6 Å². The molecule has 0 amide bonds. The third-order valence-corrected chi connectivity index (χ3v) is 10.6. The average Bonchev–Trinajstić information content (AvgIpc) is 2.65. The van der Waals surface area contributed by atoms with E-state index in [1.165, 1.54) is 19.6 Å². The van der Waals surface area contributed by atoms with E-state index in [1.54, 1.807) is 17.8 Å². The number of hydrogen-bond acceptors (Lipinski definition) is 5. The maximum Gasteiger partial charge on any atom is 0.534 e. The Labute approximate surface area is 192 Å². The minimum atomic E-state index is -5.80. The molecule has 4 rings (SSSR count). The third-order valence-electron chi connectivity index (χ3n) is 8.53. The van der Waals surface area contributed by atoms with Gasteiger partial charge in [0.05, 0.1) is 7.11 Å². The Balaban J connectivity index is 1.86. The van der Waals surface area contributed by atoms with Gasteiger partial charge >= 0.3 is 15.6 Å². The molecule has 0 bridgehead atoms. The quantitative estimate of drug-likeness (QED) is 0.355. The first kappa shape index (κ1) is 24.0. The molecular formula is C23H31F3O4S2. The minimum Gasteiger partial charge on any atom is -0.497 e. The lowest BCUT2D eigenvalue weighted by Gasteiger charge is -2.64. The molecule has 0 saturated heterocycles. The number of halogens is 3. The van der Waals surface area contributed by atoms with Crippen molar-refractivity contribution < 1.29 is 30.5 Å². The van der Waals surface area contributed by atoms with E-state index in [0.717, 1.165) is 36.3 Å². The van der Waals surface area contributed by atoms with E-state index < -0.39 is 21.0 Å². The van der Waals surface area contributed by atoms with Crippen LogP contribution in [0.5, 0.6) is 11.5 Å². The lowest BCUT2D eigenvalue weighted by atomic mass is 9.43. The molecule has 9 heteroatoms. The summed E-state index contributed by atoms with van der Waals surface area (Å²) in [6.07, 6.45) is 5.11. The molecule has 4 nitrogen and oxygen atoms in total. The molecule has 3 aliphatic rings. The standard InChI is InChI=1S/C23H31F3O4S2/c1-20(2)8-6-9-21(3)17(20)7-10-22(4)18(21)13-31-16-12-14(29-5)11-15(19(16)22)30-32(27,28)23(24,25)26/h11-12,17-18H,6-10,13H2,1-5H3. The van der Waals surface area contributed by atoms with Crippen LogP contribution in [0.1, 0.15) is 65.4 Å². The second kappa shape index (κ2) is 7.45. The molecule has 180 valence electrons. The zero-order valence-electron chi connectivity index (χ0n) is 19.1. The van der Waals surface area contributed by atoms with Crippen molar-refractivity contribution in [1.82, 2.24) is 0 Å². The van der Waals surface area contributed by atoms with Crippen LogP contribution in [0.15, 0.2) is 17.0 Å². The van der Waals surface area contributed by atoms with Crippen molar-refractivity contribution in [2.24, 2.45) is 22.7 Å². The number of alkyl halides is 3. The molecule has 0 aromatic heterocycles. The fourth-order valence-electron chi connectivity index (χ4n) is 7.09. The molecular weight excluding hydrogens is 461 g/mol. The molecule has 0 spiro atoms. The Kier molecular flexibility index (Phi) is 5.60. The Morgan fingerprint density at radius 2 is 1.75 bits per heavy atom. The van der Waals surface area contributed by atoms with Gasteiger partial charge in [-0.05, 0) is 54.4 Å². The highest BCUT2D eigenvalue weighted by atomic mass is 32.2. The Morgan fingerprint density at radius 1 is 1.06 bits per heavy atom. The molecule has 2 aliphatic carbocycles.